The highest BCUT2D eigenvalue weighted by Gasteiger charge is 2.34. The highest BCUT2D eigenvalue weighted by Crippen LogP contribution is 2.27. The molecule has 8 aliphatic carbocycles. The van der Waals surface area contributed by atoms with Crippen molar-refractivity contribution in [3.8, 4) is 0 Å². The Bertz CT molecular complexity index is 1640. The number of hydrogen-bond donors (Lipinski definition) is 10. The van der Waals surface area contributed by atoms with E-state index < -0.39 is 16.8 Å². The number of carbonyl (C=O) groups excluding carboxylic acids is 3. The number of carbonyl (C=O) groups is 3. The zero-order chi connectivity index (χ0) is 62.5. The fraction of sp³-hybridized carbons (Fsp3) is 0.955. The van der Waals surface area contributed by atoms with Gasteiger partial charge in [0.25, 0.3) is 0 Å². The summed E-state index contributed by atoms with van der Waals surface area (Å²) in [6.45, 7) is 25.8. The number of hydrogen-bond acceptors (Lipinski definition) is 15. The Hall–Kier alpha value is -2.55. The molecule has 0 aromatic rings. The van der Waals surface area contributed by atoms with E-state index >= 15 is 0 Å². The lowest BCUT2D eigenvalue weighted by atomic mass is 9.83. The second-order valence-electron chi connectivity index (χ2n) is 29.8. The predicted octanol–water partition coefficient (Wildman–Crippen LogP) is 11.5. The van der Waals surface area contributed by atoms with E-state index in [1.54, 1.807) is 11.9 Å². The van der Waals surface area contributed by atoms with Crippen LogP contribution in [0.1, 0.15) is 272 Å². The predicted molar refractivity (Wildman–Crippen MR) is 356 cm³/mol. The normalized spacial score (nSPS) is 32.3. The molecule has 0 saturated heterocycles. The number of nitrogens with two attached hydrogens (primary N) is 8. The van der Waals surface area contributed by atoms with Crippen molar-refractivity contribution in [2.75, 3.05) is 21.1 Å². The van der Waals surface area contributed by atoms with Gasteiger partial charge in [0.05, 0.1) is 0 Å². The van der Waals surface area contributed by atoms with E-state index in [1.807, 2.05) is 62.3 Å². The van der Waals surface area contributed by atoms with Crippen molar-refractivity contribution in [3.05, 3.63) is 0 Å². The Morgan fingerprint density at radius 3 is 0.976 bits per heavy atom. The molecule has 8 rings (SSSR count). The summed E-state index contributed by atoms with van der Waals surface area (Å²) in [5.74, 6) is 3.60. The van der Waals surface area contributed by atoms with Crippen molar-refractivity contribution < 1.29 is 28.6 Å². The minimum absolute atomic E-state index is 0. The van der Waals surface area contributed by atoms with Crippen LogP contribution in [-0.2, 0) is 14.2 Å². The number of nitrogens with zero attached hydrogens (tertiary/aromatic N) is 2. The monoisotopic (exact) mass is 1200 g/mol. The number of ether oxygens (including phenoxy) is 3. The highest BCUT2D eigenvalue weighted by molar-refractivity contribution is 5.69. The van der Waals surface area contributed by atoms with E-state index in [2.05, 4.69) is 57.3 Å². The first-order chi connectivity index (χ1) is 37.9. The smallest absolute Gasteiger partial charge is 0.410 e. The third-order valence-corrected chi connectivity index (χ3v) is 16.6. The first-order valence-electron chi connectivity index (χ1n) is 32.5. The molecule has 18 heteroatoms. The van der Waals surface area contributed by atoms with Gasteiger partial charge in [-0.1, -0.05) is 55.4 Å². The minimum atomic E-state index is -0.430. The molecule has 0 aromatic heterocycles. The number of rotatable bonds is 4. The SMILES string of the molecule is C.C.CC(C)(C)OC(=O)NC1CCC(N)CC1.CC(C)(C)OC(=O)N[C@@H]1CCC[C@H](N)C1.CC1CC(N)C1.CN(C(=O)OC(C)(C)C)C1CC(N)C1.CN(C)C1CCC(N)CC1.C[C@@H]1CC[C@H](N)C1.C[C@H]1CCC[C@@H](N)C1.C[C@H]1CC[C@@H](N)C1. The Morgan fingerprint density at radius 2 is 0.690 bits per heavy atom. The third-order valence-electron chi connectivity index (χ3n) is 16.6. The first kappa shape index (κ1) is 83.5. The third kappa shape index (κ3) is 43.2. The van der Waals surface area contributed by atoms with Crippen LogP contribution in [0.4, 0.5) is 14.4 Å². The largest absolute Gasteiger partial charge is 0.444 e. The van der Waals surface area contributed by atoms with Crippen LogP contribution in [0, 0.1) is 23.7 Å². The van der Waals surface area contributed by atoms with Crippen LogP contribution >= 0.6 is 0 Å². The Balaban J connectivity index is 0. The average molecular weight is 1200 g/mol. The molecule has 18 nitrogen and oxygen atoms in total. The number of amides is 3. The van der Waals surface area contributed by atoms with Crippen LogP contribution in [0.15, 0.2) is 0 Å². The maximum Gasteiger partial charge on any atom is 0.410 e. The van der Waals surface area contributed by atoms with Gasteiger partial charge in [0.15, 0.2) is 0 Å². The molecule has 0 aromatic carbocycles. The molecule has 0 unspecified atom stereocenters. The molecule has 8 saturated carbocycles. The van der Waals surface area contributed by atoms with E-state index in [0.29, 0.717) is 36.3 Å². The Labute approximate surface area is 517 Å². The molecule has 0 heterocycles. The van der Waals surface area contributed by atoms with E-state index in [4.69, 9.17) is 60.1 Å². The summed E-state index contributed by atoms with van der Waals surface area (Å²) in [5, 5.41) is 5.74. The lowest BCUT2D eigenvalue weighted by Gasteiger charge is -2.39. The zero-order valence-corrected chi connectivity index (χ0v) is 55.6. The van der Waals surface area contributed by atoms with Crippen LogP contribution in [0.2, 0.25) is 0 Å². The van der Waals surface area contributed by atoms with Gasteiger partial charge < -0.3 is 80.5 Å². The van der Waals surface area contributed by atoms with Crippen molar-refractivity contribution >= 4 is 18.3 Å². The summed E-state index contributed by atoms with van der Waals surface area (Å²) < 4.78 is 15.6. The molecular weight excluding hydrogens is 1060 g/mol. The Kier molecular flexibility index (Phi) is 42.1. The lowest BCUT2D eigenvalue weighted by molar-refractivity contribution is 0.0123. The van der Waals surface area contributed by atoms with Crippen LogP contribution < -0.4 is 56.5 Å². The molecule has 0 radical (unpaired) electrons. The molecule has 18 N–H and O–H groups in total. The van der Waals surface area contributed by atoms with E-state index in [0.717, 1.165) is 93.9 Å². The van der Waals surface area contributed by atoms with Gasteiger partial charge in [-0.2, -0.15) is 0 Å². The number of alkyl carbamates (subject to hydrolysis) is 2. The van der Waals surface area contributed by atoms with Gasteiger partial charge >= 0.3 is 18.3 Å². The van der Waals surface area contributed by atoms with E-state index in [9.17, 15) is 14.4 Å². The molecule has 502 valence electrons. The van der Waals surface area contributed by atoms with Crippen molar-refractivity contribution in [2.24, 2.45) is 69.5 Å². The van der Waals surface area contributed by atoms with Crippen LogP contribution in [0.25, 0.3) is 0 Å². The van der Waals surface area contributed by atoms with Crippen molar-refractivity contribution in [2.45, 2.75) is 361 Å². The molecule has 3 amide bonds. The van der Waals surface area contributed by atoms with Gasteiger partial charge in [-0.3, -0.25) is 0 Å². The quantitative estimate of drug-likeness (QED) is 0.117. The maximum atomic E-state index is 11.6. The summed E-state index contributed by atoms with van der Waals surface area (Å²) in [6, 6.07) is 4.84. The van der Waals surface area contributed by atoms with Gasteiger partial charge in [-0.05, 0) is 254 Å². The molecule has 0 bridgehead atoms. The van der Waals surface area contributed by atoms with Crippen LogP contribution in [0.5, 0.6) is 0 Å². The molecule has 0 spiro atoms. The van der Waals surface area contributed by atoms with Gasteiger partial charge in [-0.25, -0.2) is 14.4 Å². The zero-order valence-electron chi connectivity index (χ0n) is 55.6. The molecular formula is C66H142N12O6. The first-order valence-corrected chi connectivity index (χ1v) is 32.5. The summed E-state index contributed by atoms with van der Waals surface area (Å²) in [4.78, 5) is 38.4. The van der Waals surface area contributed by atoms with Gasteiger partial charge in [-0.15, -0.1) is 0 Å². The maximum absolute atomic E-state index is 11.6. The number of nitrogens with one attached hydrogen (secondary N) is 2. The van der Waals surface area contributed by atoms with Crippen molar-refractivity contribution in [1.29, 1.82) is 0 Å². The standard InChI is InChI=1S/2C11H22N2O2.C10H20N2O2.C8H18N2.C7H15N.2C6H13N.C5H11N.2CH4/c1-11(2,3)15-10(14)13-9-6-4-8(12)5-7-9;1-11(2,3)15-10(14)13-9-6-4-5-8(12)7-9;1-10(2,3)14-9(13)12(4)8-5-7(11)6-8;1-10(2)8-5-3-7(9)4-6-8;1-6-3-2-4-7(8)5-6;2*1-5-2-3-6(7)4-5;1-4-2-5(6)3-4;;/h2*8-9H,4-7,12H2,1-3H3,(H,13,14);7-8H,5-6,11H2,1-4H3;7-8H,3-6,9H2,1-2H3;6-7H,2-5,8H2,1H3;2*5-6H,2-4,7H2,1H3;4-5H,2-3,6H2,1H3;2*1H4/t;8-,9+;;;6-,7+;2*5-,6+;;;/m.0..010.../s1. The van der Waals surface area contributed by atoms with E-state index in [1.165, 1.54) is 103 Å². The van der Waals surface area contributed by atoms with Gasteiger partial charge in [0.1, 0.15) is 16.8 Å². The average Bonchev–Trinajstić information content (AvgIpc) is 3.91. The fourth-order valence-corrected chi connectivity index (χ4v) is 11.6. The molecule has 8 atom stereocenters. The summed E-state index contributed by atoms with van der Waals surface area (Å²) >= 11 is 0. The second kappa shape index (κ2) is 42.4. The summed E-state index contributed by atoms with van der Waals surface area (Å²) in [7, 11) is 6.08. The van der Waals surface area contributed by atoms with Crippen molar-refractivity contribution in [1.82, 2.24) is 20.4 Å². The second-order valence-corrected chi connectivity index (χ2v) is 29.8. The lowest BCUT2D eigenvalue weighted by Crippen LogP contribution is -2.52. The molecule has 84 heavy (non-hydrogen) atoms. The highest BCUT2D eigenvalue weighted by atomic mass is 16.6. The summed E-state index contributed by atoms with van der Waals surface area (Å²) in [5.41, 5.74) is 44.2. The van der Waals surface area contributed by atoms with Crippen LogP contribution in [-0.4, -0.2) is 139 Å². The topological polar surface area (TPSA) is 318 Å². The Morgan fingerprint density at radius 1 is 0.357 bits per heavy atom. The molecule has 8 aliphatic rings. The van der Waals surface area contributed by atoms with E-state index in [-0.39, 0.29) is 63.3 Å². The molecule has 0 aliphatic heterocycles. The van der Waals surface area contributed by atoms with Gasteiger partial charge in [0.2, 0.25) is 0 Å². The molecule has 8 fully saturated rings. The minimum Gasteiger partial charge on any atom is -0.444 e. The fourth-order valence-electron chi connectivity index (χ4n) is 11.6. The summed E-state index contributed by atoms with van der Waals surface area (Å²) in [6.07, 6.45) is 29.2. The van der Waals surface area contributed by atoms with Crippen LogP contribution in [0.3, 0.4) is 0 Å². The van der Waals surface area contributed by atoms with Crippen molar-refractivity contribution in [3.63, 3.8) is 0 Å². The van der Waals surface area contributed by atoms with Gasteiger partial charge in [0, 0.05) is 79.5 Å².